The van der Waals surface area contributed by atoms with Gasteiger partial charge < -0.3 is 28.6 Å². The van der Waals surface area contributed by atoms with Crippen LogP contribution in [0.2, 0.25) is 0 Å². The number of methoxy groups -OCH3 is 1. The molecule has 2 aromatic carbocycles. The molecule has 9 heteroatoms. The van der Waals surface area contributed by atoms with E-state index in [2.05, 4.69) is 17.1 Å². The molecule has 0 aliphatic carbocycles. The van der Waals surface area contributed by atoms with Gasteiger partial charge in [0.05, 0.1) is 31.5 Å². The lowest BCUT2D eigenvalue weighted by Gasteiger charge is -2.08. The molecule has 0 aromatic heterocycles. The number of benzene rings is 2. The SMILES string of the molecule is COc1ccc(C(=O)OCCCCCCOC(=O)c2ccc(OS)c(O)c2)cc1O. The van der Waals surface area contributed by atoms with E-state index in [0.29, 0.717) is 12.8 Å². The molecule has 0 unspecified atom stereocenters. The minimum atomic E-state index is -0.535. The van der Waals surface area contributed by atoms with Gasteiger partial charge >= 0.3 is 11.9 Å². The first kappa shape index (κ1) is 23.2. The normalized spacial score (nSPS) is 10.3. The Kier molecular flexibility index (Phi) is 9.14. The van der Waals surface area contributed by atoms with Crippen LogP contribution in [0.3, 0.4) is 0 Å². The Morgan fingerprint density at radius 1 is 0.800 bits per heavy atom. The number of rotatable bonds is 11. The van der Waals surface area contributed by atoms with Crippen LogP contribution in [0.25, 0.3) is 0 Å². The van der Waals surface area contributed by atoms with Gasteiger partial charge in [-0.1, -0.05) is 0 Å². The fourth-order valence-corrected chi connectivity index (χ4v) is 2.75. The molecule has 162 valence electrons. The van der Waals surface area contributed by atoms with Crippen molar-refractivity contribution in [2.75, 3.05) is 20.3 Å². The van der Waals surface area contributed by atoms with Crippen LogP contribution in [0.1, 0.15) is 46.4 Å². The molecule has 8 nitrogen and oxygen atoms in total. The average molecular weight is 436 g/mol. The summed E-state index contributed by atoms with van der Waals surface area (Å²) in [6.45, 7) is 0.500. The van der Waals surface area contributed by atoms with Gasteiger partial charge in [-0.25, -0.2) is 9.59 Å². The highest BCUT2D eigenvalue weighted by Gasteiger charge is 2.12. The van der Waals surface area contributed by atoms with Crippen molar-refractivity contribution < 1.29 is 38.2 Å². The summed E-state index contributed by atoms with van der Waals surface area (Å²) in [4.78, 5) is 23.9. The number of carbonyl (C=O) groups is 2. The number of hydrogen-bond donors (Lipinski definition) is 3. The summed E-state index contributed by atoms with van der Waals surface area (Å²) < 4.78 is 19.9. The largest absolute Gasteiger partial charge is 0.504 e. The molecule has 0 aliphatic rings. The molecule has 2 rings (SSSR count). The Morgan fingerprint density at radius 2 is 1.27 bits per heavy atom. The molecule has 0 bridgehead atoms. The second-order valence-corrected chi connectivity index (χ2v) is 6.53. The van der Waals surface area contributed by atoms with Crippen molar-refractivity contribution in [3.8, 4) is 23.0 Å². The maximum Gasteiger partial charge on any atom is 0.338 e. The van der Waals surface area contributed by atoms with Gasteiger partial charge in [-0.15, -0.1) is 0 Å². The highest BCUT2D eigenvalue weighted by molar-refractivity contribution is 7.75. The van der Waals surface area contributed by atoms with Crippen LogP contribution in [0.4, 0.5) is 0 Å². The van der Waals surface area contributed by atoms with Crippen molar-refractivity contribution >= 4 is 24.8 Å². The van der Waals surface area contributed by atoms with E-state index in [1.165, 1.54) is 43.5 Å². The molecular formula is C21H24O8S. The first-order valence-corrected chi connectivity index (χ1v) is 9.68. The van der Waals surface area contributed by atoms with Gasteiger partial charge in [0.2, 0.25) is 0 Å². The summed E-state index contributed by atoms with van der Waals surface area (Å²) in [5.41, 5.74) is 0.471. The van der Waals surface area contributed by atoms with Gasteiger partial charge in [0.15, 0.2) is 23.0 Å². The number of thiol groups is 1. The lowest BCUT2D eigenvalue weighted by Crippen LogP contribution is -2.07. The van der Waals surface area contributed by atoms with Crippen LogP contribution in [0.5, 0.6) is 23.0 Å². The van der Waals surface area contributed by atoms with E-state index in [4.69, 9.17) is 14.2 Å². The third-order valence-electron chi connectivity index (χ3n) is 4.21. The predicted molar refractivity (Wildman–Crippen MR) is 111 cm³/mol. The Bertz CT molecular complexity index is 797. The molecule has 0 saturated carbocycles. The fraction of sp³-hybridized carbons (Fsp3) is 0.333. The van der Waals surface area contributed by atoms with E-state index in [9.17, 15) is 19.8 Å². The van der Waals surface area contributed by atoms with Crippen LogP contribution in [0.15, 0.2) is 36.4 Å². The second kappa shape index (κ2) is 11.8. The zero-order valence-corrected chi connectivity index (χ0v) is 17.4. The van der Waals surface area contributed by atoms with Crippen LogP contribution < -0.4 is 8.92 Å². The van der Waals surface area contributed by atoms with E-state index in [1.54, 1.807) is 0 Å². The van der Waals surface area contributed by atoms with E-state index in [0.717, 1.165) is 12.8 Å². The minimum Gasteiger partial charge on any atom is -0.504 e. The molecule has 0 heterocycles. The molecule has 0 fully saturated rings. The lowest BCUT2D eigenvalue weighted by atomic mass is 10.2. The number of phenols is 2. The smallest absolute Gasteiger partial charge is 0.338 e. The van der Waals surface area contributed by atoms with Crippen LogP contribution >= 0.6 is 12.9 Å². The van der Waals surface area contributed by atoms with Gasteiger partial charge in [-0.3, -0.25) is 0 Å². The van der Waals surface area contributed by atoms with E-state index >= 15 is 0 Å². The van der Waals surface area contributed by atoms with Crippen LogP contribution in [-0.4, -0.2) is 42.5 Å². The standard InChI is InChI=1S/C21H24O8S/c1-26-18-8-6-14(12-16(18)22)20(24)27-10-4-2-3-5-11-28-21(25)15-7-9-19(29-30)17(23)13-15/h6-9,12-13,22-23,30H,2-5,10-11H2,1H3. The molecule has 2 N–H and O–H groups in total. The van der Waals surface area contributed by atoms with Gasteiger partial charge in [-0.05, 0) is 62.1 Å². The number of hydrogen-bond acceptors (Lipinski definition) is 9. The number of carbonyl (C=O) groups excluding carboxylic acids is 2. The van der Waals surface area contributed by atoms with Gasteiger partial charge in [-0.2, -0.15) is 0 Å². The number of esters is 2. The monoisotopic (exact) mass is 436 g/mol. The maximum atomic E-state index is 11.9. The Hall–Kier alpha value is -3.07. The van der Waals surface area contributed by atoms with Crippen molar-refractivity contribution in [1.29, 1.82) is 0 Å². The summed E-state index contributed by atoms with van der Waals surface area (Å²) in [7, 11) is 1.43. The summed E-state index contributed by atoms with van der Waals surface area (Å²) >= 11 is 3.59. The molecule has 0 amide bonds. The Labute approximate surface area is 180 Å². The predicted octanol–water partition coefficient (Wildman–Crippen LogP) is 3.90. The average Bonchev–Trinajstić information content (AvgIpc) is 2.75. The van der Waals surface area contributed by atoms with Gasteiger partial charge in [0.25, 0.3) is 0 Å². The van der Waals surface area contributed by atoms with Crippen molar-refractivity contribution in [3.05, 3.63) is 47.5 Å². The molecule has 0 radical (unpaired) electrons. The highest BCUT2D eigenvalue weighted by atomic mass is 32.1. The minimum absolute atomic E-state index is 0.123. The Morgan fingerprint density at radius 3 is 1.67 bits per heavy atom. The zero-order valence-electron chi connectivity index (χ0n) is 16.5. The first-order valence-electron chi connectivity index (χ1n) is 9.32. The third kappa shape index (κ3) is 6.77. The van der Waals surface area contributed by atoms with Crippen LogP contribution in [0, 0.1) is 0 Å². The first-order chi connectivity index (χ1) is 14.5. The molecule has 0 atom stereocenters. The molecule has 0 aliphatic heterocycles. The van der Waals surface area contributed by atoms with Gasteiger partial charge in [0.1, 0.15) is 0 Å². The van der Waals surface area contributed by atoms with Crippen molar-refractivity contribution in [3.63, 3.8) is 0 Å². The van der Waals surface area contributed by atoms with Crippen molar-refractivity contribution in [2.24, 2.45) is 0 Å². The van der Waals surface area contributed by atoms with Crippen molar-refractivity contribution in [2.45, 2.75) is 25.7 Å². The second-order valence-electron chi connectivity index (χ2n) is 6.35. The number of ether oxygens (including phenoxy) is 3. The lowest BCUT2D eigenvalue weighted by molar-refractivity contribution is 0.0473. The molecular weight excluding hydrogens is 412 g/mol. The van der Waals surface area contributed by atoms with E-state index in [1.807, 2.05) is 0 Å². The number of unbranched alkanes of at least 4 members (excludes halogenated alkanes) is 3. The maximum absolute atomic E-state index is 11.9. The van der Waals surface area contributed by atoms with Gasteiger partial charge in [0, 0.05) is 12.9 Å². The summed E-state index contributed by atoms with van der Waals surface area (Å²) in [6.07, 6.45) is 2.93. The van der Waals surface area contributed by atoms with Crippen molar-refractivity contribution in [1.82, 2.24) is 0 Å². The van der Waals surface area contributed by atoms with Crippen LogP contribution in [-0.2, 0) is 9.47 Å². The third-order valence-corrected chi connectivity index (χ3v) is 4.41. The van der Waals surface area contributed by atoms with E-state index in [-0.39, 0.29) is 47.3 Å². The molecule has 0 saturated heterocycles. The number of aromatic hydroxyl groups is 2. The fourth-order valence-electron chi connectivity index (χ4n) is 2.59. The zero-order chi connectivity index (χ0) is 21.9. The Balaban J connectivity index is 1.58. The molecule has 2 aromatic rings. The summed E-state index contributed by atoms with van der Waals surface area (Å²) in [5, 5.41) is 19.3. The molecule has 0 spiro atoms. The van der Waals surface area contributed by atoms with E-state index < -0.39 is 11.9 Å². The number of phenolic OH excluding ortho intramolecular Hbond substituents is 2. The summed E-state index contributed by atoms with van der Waals surface area (Å²) in [5.74, 6) is -0.930. The topological polar surface area (TPSA) is 112 Å². The summed E-state index contributed by atoms with van der Waals surface area (Å²) in [6, 6.07) is 8.47. The molecule has 30 heavy (non-hydrogen) atoms. The highest BCUT2D eigenvalue weighted by Crippen LogP contribution is 2.28. The quantitative estimate of drug-likeness (QED) is 0.210.